The van der Waals surface area contributed by atoms with Crippen LogP contribution in [0.15, 0.2) is 41.4 Å². The van der Waals surface area contributed by atoms with E-state index in [1.807, 2.05) is 43.9 Å². The zero-order valence-corrected chi connectivity index (χ0v) is 21.6. The predicted octanol–water partition coefficient (Wildman–Crippen LogP) is 4.24. The molecule has 1 saturated heterocycles. The SMILES string of the molecule is CN=C(NCc1ccc(N2CCOCC2)c(F)c1)NCc1ccc(C)cc1OC(C)C.I. The van der Waals surface area contributed by atoms with Gasteiger partial charge in [0.15, 0.2) is 5.96 Å². The summed E-state index contributed by atoms with van der Waals surface area (Å²) in [4.78, 5) is 6.30. The van der Waals surface area contributed by atoms with Gasteiger partial charge in [-0.3, -0.25) is 4.99 Å². The van der Waals surface area contributed by atoms with Crippen molar-refractivity contribution in [2.75, 3.05) is 38.3 Å². The van der Waals surface area contributed by atoms with Crippen LogP contribution in [0, 0.1) is 12.7 Å². The first-order valence-corrected chi connectivity index (χ1v) is 10.8. The van der Waals surface area contributed by atoms with Gasteiger partial charge in [-0.15, -0.1) is 24.0 Å². The number of ether oxygens (including phenoxy) is 2. The highest BCUT2D eigenvalue weighted by Gasteiger charge is 2.15. The fourth-order valence-corrected chi connectivity index (χ4v) is 3.48. The third-order valence-corrected chi connectivity index (χ3v) is 5.08. The lowest BCUT2D eigenvalue weighted by Gasteiger charge is -2.29. The quantitative estimate of drug-likeness (QED) is 0.304. The van der Waals surface area contributed by atoms with E-state index in [1.165, 1.54) is 0 Å². The molecule has 0 saturated carbocycles. The van der Waals surface area contributed by atoms with E-state index in [0.29, 0.717) is 51.0 Å². The van der Waals surface area contributed by atoms with Crippen LogP contribution in [0.3, 0.4) is 0 Å². The maximum absolute atomic E-state index is 14.6. The van der Waals surface area contributed by atoms with Gasteiger partial charge in [0, 0.05) is 38.8 Å². The minimum Gasteiger partial charge on any atom is -0.491 e. The molecule has 0 radical (unpaired) electrons. The zero-order chi connectivity index (χ0) is 22.2. The summed E-state index contributed by atoms with van der Waals surface area (Å²) in [6.45, 7) is 9.83. The van der Waals surface area contributed by atoms with Crippen LogP contribution in [0.4, 0.5) is 10.1 Å². The Morgan fingerprint density at radius 1 is 1.12 bits per heavy atom. The number of morpholine rings is 1. The lowest BCUT2D eigenvalue weighted by molar-refractivity contribution is 0.122. The topological polar surface area (TPSA) is 58.1 Å². The molecule has 1 aliphatic heterocycles. The van der Waals surface area contributed by atoms with Crippen LogP contribution in [0.25, 0.3) is 0 Å². The van der Waals surface area contributed by atoms with Gasteiger partial charge >= 0.3 is 0 Å². The number of benzene rings is 2. The van der Waals surface area contributed by atoms with Gasteiger partial charge in [0.05, 0.1) is 25.0 Å². The van der Waals surface area contributed by atoms with Crippen LogP contribution in [0.1, 0.15) is 30.5 Å². The molecule has 0 aliphatic carbocycles. The Balaban J connectivity index is 0.00000363. The number of halogens is 2. The van der Waals surface area contributed by atoms with Crippen LogP contribution >= 0.6 is 24.0 Å². The third kappa shape index (κ3) is 7.51. The summed E-state index contributed by atoms with van der Waals surface area (Å²) in [5, 5.41) is 6.56. The van der Waals surface area contributed by atoms with E-state index >= 15 is 0 Å². The average molecular weight is 556 g/mol. The van der Waals surface area contributed by atoms with E-state index in [0.717, 1.165) is 22.4 Å². The molecule has 0 atom stereocenters. The van der Waals surface area contributed by atoms with Crippen molar-refractivity contribution >= 4 is 35.6 Å². The minimum atomic E-state index is -0.209. The van der Waals surface area contributed by atoms with Crippen molar-refractivity contribution in [2.24, 2.45) is 4.99 Å². The molecule has 3 rings (SSSR count). The molecule has 1 fully saturated rings. The lowest BCUT2D eigenvalue weighted by atomic mass is 10.1. The van der Waals surface area contributed by atoms with Crippen LogP contribution < -0.4 is 20.3 Å². The molecule has 6 nitrogen and oxygen atoms in total. The summed E-state index contributed by atoms with van der Waals surface area (Å²) in [5.41, 5.74) is 3.70. The molecule has 0 aromatic heterocycles. The third-order valence-electron chi connectivity index (χ3n) is 5.08. The fraction of sp³-hybridized carbons (Fsp3) is 0.458. The monoisotopic (exact) mass is 556 g/mol. The second-order valence-corrected chi connectivity index (χ2v) is 7.94. The molecule has 1 aliphatic rings. The fourth-order valence-electron chi connectivity index (χ4n) is 3.48. The predicted molar refractivity (Wildman–Crippen MR) is 139 cm³/mol. The molecule has 0 unspecified atom stereocenters. The number of rotatable bonds is 7. The van der Waals surface area contributed by atoms with Gasteiger partial charge in [0.2, 0.25) is 0 Å². The summed E-state index contributed by atoms with van der Waals surface area (Å²) in [5.74, 6) is 1.31. The highest BCUT2D eigenvalue weighted by molar-refractivity contribution is 14.0. The van der Waals surface area contributed by atoms with E-state index in [1.54, 1.807) is 13.1 Å². The number of hydrogen-bond acceptors (Lipinski definition) is 4. The van der Waals surface area contributed by atoms with Crippen molar-refractivity contribution < 1.29 is 13.9 Å². The first-order valence-electron chi connectivity index (χ1n) is 10.8. The standard InChI is InChI=1S/C24H33FN4O2.HI/c1-17(2)31-23-13-18(3)5-7-20(23)16-28-24(26-4)27-15-19-6-8-22(21(25)14-19)29-9-11-30-12-10-29;/h5-8,13-14,17H,9-12,15-16H2,1-4H3,(H2,26,27,28);1H. The van der Waals surface area contributed by atoms with Crippen molar-refractivity contribution in [1.82, 2.24) is 10.6 Å². The van der Waals surface area contributed by atoms with Crippen LogP contribution in [-0.2, 0) is 17.8 Å². The second kappa shape index (κ2) is 12.8. The van der Waals surface area contributed by atoms with E-state index in [-0.39, 0.29) is 35.9 Å². The van der Waals surface area contributed by atoms with E-state index in [2.05, 4.69) is 27.8 Å². The number of hydrogen-bond donors (Lipinski definition) is 2. The highest BCUT2D eigenvalue weighted by atomic mass is 127. The van der Waals surface area contributed by atoms with Gasteiger partial charge in [0.1, 0.15) is 11.6 Å². The zero-order valence-electron chi connectivity index (χ0n) is 19.3. The molecule has 0 amide bonds. The molecule has 0 spiro atoms. The van der Waals surface area contributed by atoms with Crippen molar-refractivity contribution in [3.05, 3.63) is 58.9 Å². The van der Waals surface area contributed by atoms with Crippen molar-refractivity contribution in [2.45, 2.75) is 40.0 Å². The molecule has 2 aromatic carbocycles. The molecule has 32 heavy (non-hydrogen) atoms. The molecular weight excluding hydrogens is 522 g/mol. The Bertz CT molecular complexity index is 902. The second-order valence-electron chi connectivity index (χ2n) is 7.94. The van der Waals surface area contributed by atoms with Crippen molar-refractivity contribution in [1.29, 1.82) is 0 Å². The maximum Gasteiger partial charge on any atom is 0.191 e. The number of aliphatic imine (C=N–C) groups is 1. The summed E-state index contributed by atoms with van der Waals surface area (Å²) >= 11 is 0. The first kappa shape index (κ1) is 26.2. The molecule has 2 aromatic rings. The van der Waals surface area contributed by atoms with Gasteiger partial charge in [-0.25, -0.2) is 4.39 Å². The summed E-state index contributed by atoms with van der Waals surface area (Å²) < 4.78 is 25.9. The number of anilines is 1. The Morgan fingerprint density at radius 2 is 1.84 bits per heavy atom. The Labute approximate surface area is 207 Å². The van der Waals surface area contributed by atoms with Gasteiger partial charge in [-0.2, -0.15) is 0 Å². The van der Waals surface area contributed by atoms with Gasteiger partial charge in [0.25, 0.3) is 0 Å². The number of nitrogens with one attached hydrogen (secondary N) is 2. The van der Waals surface area contributed by atoms with Crippen LogP contribution in [0.2, 0.25) is 0 Å². The molecular formula is C24H34FIN4O2. The lowest BCUT2D eigenvalue weighted by Crippen LogP contribution is -2.37. The number of aryl methyl sites for hydroxylation is 1. The minimum absolute atomic E-state index is 0. The number of guanidine groups is 1. The largest absolute Gasteiger partial charge is 0.491 e. The smallest absolute Gasteiger partial charge is 0.191 e. The molecule has 1 heterocycles. The molecule has 176 valence electrons. The van der Waals surface area contributed by atoms with Crippen LogP contribution in [0.5, 0.6) is 5.75 Å². The van der Waals surface area contributed by atoms with Crippen molar-refractivity contribution in [3.8, 4) is 5.75 Å². The van der Waals surface area contributed by atoms with E-state index in [4.69, 9.17) is 9.47 Å². The van der Waals surface area contributed by atoms with E-state index in [9.17, 15) is 4.39 Å². The molecule has 8 heteroatoms. The van der Waals surface area contributed by atoms with E-state index < -0.39 is 0 Å². The first-order chi connectivity index (χ1) is 15.0. The Morgan fingerprint density at radius 3 is 2.50 bits per heavy atom. The molecule has 2 N–H and O–H groups in total. The van der Waals surface area contributed by atoms with Crippen molar-refractivity contribution in [3.63, 3.8) is 0 Å². The Kier molecular flexibility index (Phi) is 10.5. The summed E-state index contributed by atoms with van der Waals surface area (Å²) in [6, 6.07) is 11.6. The highest BCUT2D eigenvalue weighted by Crippen LogP contribution is 2.22. The van der Waals surface area contributed by atoms with Gasteiger partial charge < -0.3 is 25.0 Å². The number of nitrogens with zero attached hydrogens (tertiary/aromatic N) is 2. The van der Waals surface area contributed by atoms with Gasteiger partial charge in [-0.1, -0.05) is 18.2 Å². The normalized spacial score (nSPS) is 14.2. The maximum atomic E-state index is 14.6. The van der Waals surface area contributed by atoms with Gasteiger partial charge in [-0.05, 0) is 50.1 Å². The summed E-state index contributed by atoms with van der Waals surface area (Å²) in [7, 11) is 1.72. The molecule has 0 bridgehead atoms. The average Bonchev–Trinajstić information content (AvgIpc) is 2.75. The Hall–Kier alpha value is -2.07. The summed E-state index contributed by atoms with van der Waals surface area (Å²) in [6.07, 6.45) is 0.105. The van der Waals surface area contributed by atoms with Crippen LogP contribution in [-0.4, -0.2) is 45.4 Å².